The molecule has 1 saturated heterocycles. The number of esters is 2. The molecule has 1 aliphatic carbocycles. The van der Waals surface area contributed by atoms with E-state index in [1.165, 1.54) is 25.7 Å². The molecule has 0 aromatic rings. The Morgan fingerprint density at radius 3 is 2.65 bits per heavy atom. The Morgan fingerprint density at radius 1 is 1.35 bits per heavy atom. The van der Waals surface area contributed by atoms with E-state index in [4.69, 9.17) is 9.47 Å². The van der Waals surface area contributed by atoms with Crippen LogP contribution in [0, 0.1) is 5.41 Å². The Kier molecular flexibility index (Phi) is 4.97. The minimum Gasteiger partial charge on any atom is -0.465 e. The molecule has 0 spiro atoms. The number of carbonyl (C=O) groups is 2. The fraction of sp³-hybridized carbons (Fsp3) is 0.867. The maximum absolute atomic E-state index is 12.1. The highest BCUT2D eigenvalue weighted by molar-refractivity contribution is 14.1. The Balaban J connectivity index is 1.89. The van der Waals surface area contributed by atoms with Crippen LogP contribution in [0.15, 0.2) is 0 Å². The van der Waals surface area contributed by atoms with Crippen molar-refractivity contribution in [2.45, 2.75) is 68.3 Å². The van der Waals surface area contributed by atoms with Gasteiger partial charge < -0.3 is 9.47 Å². The number of cyclic esters (lactones) is 1. The van der Waals surface area contributed by atoms with Crippen molar-refractivity contribution in [1.82, 2.24) is 0 Å². The minimum absolute atomic E-state index is 0.123. The molecular formula is C15H23IO4. The standard InChI is InChI=1S/C15H23IO4/c1-3-5-6-7-8-9-11-15(16)10-14(15,13(18)20-11)12(17)19-4-2/h11H,3-10H2,1-2H3/t11-,14+,15-/m0/s1. The van der Waals surface area contributed by atoms with Gasteiger partial charge in [0.2, 0.25) is 0 Å². The lowest BCUT2D eigenvalue weighted by Gasteiger charge is -2.16. The van der Waals surface area contributed by atoms with E-state index in [-0.39, 0.29) is 15.5 Å². The number of carbonyl (C=O) groups excluding carboxylic acids is 2. The van der Waals surface area contributed by atoms with Crippen molar-refractivity contribution >= 4 is 34.5 Å². The molecule has 0 radical (unpaired) electrons. The van der Waals surface area contributed by atoms with Gasteiger partial charge in [0.25, 0.3) is 0 Å². The Bertz CT molecular complexity index is 397. The van der Waals surface area contributed by atoms with Gasteiger partial charge in [-0.25, -0.2) is 0 Å². The molecule has 2 aliphatic rings. The van der Waals surface area contributed by atoms with Gasteiger partial charge in [0.15, 0.2) is 5.41 Å². The molecule has 0 N–H and O–H groups in total. The van der Waals surface area contributed by atoms with E-state index in [9.17, 15) is 9.59 Å². The summed E-state index contributed by atoms with van der Waals surface area (Å²) in [7, 11) is 0. The number of rotatable bonds is 8. The summed E-state index contributed by atoms with van der Waals surface area (Å²) in [5.41, 5.74) is -1.00. The Hall–Kier alpha value is -0.330. The average molecular weight is 394 g/mol. The molecule has 2 fully saturated rings. The first kappa shape index (κ1) is 16.0. The quantitative estimate of drug-likeness (QED) is 0.208. The number of fused-ring (bicyclic) bond motifs is 1. The van der Waals surface area contributed by atoms with E-state index in [2.05, 4.69) is 29.5 Å². The summed E-state index contributed by atoms with van der Waals surface area (Å²) in [6.07, 6.45) is 7.25. The Labute approximate surface area is 134 Å². The molecule has 0 bridgehead atoms. The number of hydrogen-bond acceptors (Lipinski definition) is 4. The maximum atomic E-state index is 12.1. The highest BCUT2D eigenvalue weighted by Gasteiger charge is 2.85. The lowest BCUT2D eigenvalue weighted by Crippen LogP contribution is -2.30. The molecule has 0 unspecified atom stereocenters. The fourth-order valence-corrected chi connectivity index (χ4v) is 4.55. The molecule has 5 heteroatoms. The second kappa shape index (κ2) is 6.20. The van der Waals surface area contributed by atoms with Gasteiger partial charge in [-0.05, 0) is 26.2 Å². The maximum Gasteiger partial charge on any atom is 0.325 e. The third-order valence-electron chi connectivity index (χ3n) is 4.41. The van der Waals surface area contributed by atoms with Crippen molar-refractivity contribution in [3.05, 3.63) is 0 Å². The van der Waals surface area contributed by atoms with Crippen molar-refractivity contribution in [2.24, 2.45) is 5.41 Å². The van der Waals surface area contributed by atoms with E-state index in [1.807, 2.05) is 0 Å². The van der Waals surface area contributed by atoms with Crippen molar-refractivity contribution in [3.8, 4) is 0 Å². The van der Waals surface area contributed by atoms with Crippen LogP contribution in [0.5, 0.6) is 0 Å². The second-order valence-electron chi connectivity index (χ2n) is 5.76. The molecular weight excluding hydrogens is 371 g/mol. The predicted molar refractivity (Wildman–Crippen MR) is 83.7 cm³/mol. The van der Waals surface area contributed by atoms with Crippen LogP contribution < -0.4 is 0 Å². The summed E-state index contributed by atoms with van der Waals surface area (Å²) in [5, 5.41) is 0. The third kappa shape index (κ3) is 2.46. The lowest BCUT2D eigenvalue weighted by molar-refractivity contribution is -0.161. The summed E-state index contributed by atoms with van der Waals surface area (Å²) in [6.45, 7) is 4.26. The summed E-state index contributed by atoms with van der Waals surface area (Å²) >= 11 is 2.25. The topological polar surface area (TPSA) is 52.6 Å². The highest BCUT2D eigenvalue weighted by atomic mass is 127. The molecule has 1 aliphatic heterocycles. The zero-order valence-electron chi connectivity index (χ0n) is 12.2. The van der Waals surface area contributed by atoms with E-state index < -0.39 is 11.4 Å². The van der Waals surface area contributed by atoms with E-state index in [0.29, 0.717) is 13.0 Å². The van der Waals surface area contributed by atoms with Gasteiger partial charge in [-0.15, -0.1) is 0 Å². The smallest absolute Gasteiger partial charge is 0.325 e. The summed E-state index contributed by atoms with van der Waals surface area (Å²) in [4.78, 5) is 24.1. The number of halogens is 1. The van der Waals surface area contributed by atoms with Gasteiger partial charge >= 0.3 is 11.9 Å². The number of hydrogen-bond donors (Lipinski definition) is 0. The van der Waals surface area contributed by atoms with Gasteiger partial charge in [0.1, 0.15) is 6.10 Å². The van der Waals surface area contributed by atoms with Crippen LogP contribution in [0.4, 0.5) is 0 Å². The molecule has 2 rings (SSSR count). The summed E-state index contributed by atoms with van der Waals surface area (Å²) < 4.78 is 10.2. The van der Waals surface area contributed by atoms with Gasteiger partial charge in [0, 0.05) is 0 Å². The molecule has 4 nitrogen and oxygen atoms in total. The van der Waals surface area contributed by atoms with Gasteiger partial charge in [-0.1, -0.05) is 55.2 Å². The van der Waals surface area contributed by atoms with E-state index in [1.54, 1.807) is 6.92 Å². The van der Waals surface area contributed by atoms with Crippen molar-refractivity contribution < 1.29 is 19.1 Å². The minimum atomic E-state index is -1.00. The van der Waals surface area contributed by atoms with Crippen molar-refractivity contribution in [1.29, 1.82) is 0 Å². The van der Waals surface area contributed by atoms with Gasteiger partial charge in [-0.2, -0.15) is 0 Å². The van der Waals surface area contributed by atoms with Crippen molar-refractivity contribution in [2.75, 3.05) is 6.61 Å². The largest absolute Gasteiger partial charge is 0.465 e. The SMILES string of the molecule is CCCCCCC[C@@H]1OC(=O)[C@]2(C(=O)OCC)C[C@]12I. The summed E-state index contributed by atoms with van der Waals surface area (Å²) in [5.74, 6) is -0.767. The first-order valence-electron chi connectivity index (χ1n) is 7.60. The molecule has 1 heterocycles. The molecule has 0 amide bonds. The molecule has 0 aromatic carbocycles. The van der Waals surface area contributed by atoms with E-state index >= 15 is 0 Å². The first-order chi connectivity index (χ1) is 9.53. The fourth-order valence-electron chi connectivity index (χ4n) is 3.10. The van der Waals surface area contributed by atoms with Crippen LogP contribution >= 0.6 is 22.6 Å². The normalized spacial score (nSPS) is 34.5. The summed E-state index contributed by atoms with van der Waals surface area (Å²) in [6, 6.07) is 0. The van der Waals surface area contributed by atoms with Crippen molar-refractivity contribution in [3.63, 3.8) is 0 Å². The molecule has 1 saturated carbocycles. The first-order valence-corrected chi connectivity index (χ1v) is 8.68. The zero-order chi connectivity index (χ0) is 14.8. The lowest BCUT2D eigenvalue weighted by atomic mass is 10.0. The zero-order valence-corrected chi connectivity index (χ0v) is 14.4. The van der Waals surface area contributed by atoms with Crippen LogP contribution in [-0.2, 0) is 19.1 Å². The molecule has 3 atom stereocenters. The monoisotopic (exact) mass is 394 g/mol. The average Bonchev–Trinajstić information content (AvgIpc) is 3.00. The number of alkyl halides is 1. The van der Waals surface area contributed by atoms with Crippen LogP contribution in [0.2, 0.25) is 0 Å². The van der Waals surface area contributed by atoms with Crippen LogP contribution in [0.25, 0.3) is 0 Å². The second-order valence-corrected chi connectivity index (χ2v) is 7.69. The molecule has 0 aromatic heterocycles. The van der Waals surface area contributed by atoms with Crippen LogP contribution in [-0.4, -0.2) is 28.1 Å². The molecule has 114 valence electrons. The number of unbranched alkanes of at least 4 members (excludes halogenated alkanes) is 4. The third-order valence-corrected chi connectivity index (χ3v) is 6.41. The van der Waals surface area contributed by atoms with Gasteiger partial charge in [0.05, 0.1) is 10.0 Å². The van der Waals surface area contributed by atoms with Gasteiger partial charge in [-0.3, -0.25) is 9.59 Å². The van der Waals surface area contributed by atoms with Crippen LogP contribution in [0.1, 0.15) is 58.8 Å². The van der Waals surface area contributed by atoms with Crippen LogP contribution in [0.3, 0.4) is 0 Å². The predicted octanol–water partition coefficient (Wildman–Crippen LogP) is 3.40. The highest BCUT2D eigenvalue weighted by Crippen LogP contribution is 2.71. The molecule has 20 heavy (non-hydrogen) atoms. The van der Waals surface area contributed by atoms with E-state index in [0.717, 1.165) is 12.8 Å². The number of ether oxygens (including phenoxy) is 2. The Morgan fingerprint density at radius 2 is 2.05 bits per heavy atom.